The number of hydrogen-bond donors (Lipinski definition) is 1. The van der Waals surface area contributed by atoms with Gasteiger partial charge in [-0.1, -0.05) is 18.2 Å². The Hall–Kier alpha value is -3.33. The van der Waals surface area contributed by atoms with Gasteiger partial charge >= 0.3 is 6.01 Å². The number of nitrogens with one attached hydrogen (secondary N) is 1. The molecule has 8 nitrogen and oxygen atoms in total. The second-order valence-corrected chi connectivity index (χ2v) is 8.01. The Morgan fingerprint density at radius 3 is 2.45 bits per heavy atom. The maximum absolute atomic E-state index is 13.0. The molecule has 2 aromatic heterocycles. The Morgan fingerprint density at radius 1 is 0.966 bits per heavy atom. The highest BCUT2D eigenvalue weighted by Gasteiger charge is 2.19. The minimum Gasteiger partial charge on any atom is -0.481 e. The summed E-state index contributed by atoms with van der Waals surface area (Å²) in [5.74, 6) is 0.251. The molecule has 2 aromatic carbocycles. The maximum atomic E-state index is 13.0. The number of anilines is 1. The van der Waals surface area contributed by atoms with E-state index in [0.29, 0.717) is 0 Å². The minimum atomic E-state index is -3.88. The van der Waals surface area contributed by atoms with Crippen LogP contribution in [0.25, 0.3) is 21.8 Å². The lowest BCUT2D eigenvalue weighted by molar-refractivity contribution is 0.353. The third kappa shape index (κ3) is 3.33. The van der Waals surface area contributed by atoms with E-state index >= 15 is 0 Å². The number of methoxy groups -OCH3 is 2. The van der Waals surface area contributed by atoms with Crippen LogP contribution in [0.2, 0.25) is 0 Å². The summed E-state index contributed by atoms with van der Waals surface area (Å²) in [7, 11) is -1.06. The predicted molar refractivity (Wildman–Crippen MR) is 111 cm³/mol. The van der Waals surface area contributed by atoms with E-state index in [4.69, 9.17) is 9.47 Å². The quantitative estimate of drug-likeness (QED) is 0.521. The fraction of sp³-hybridized carbons (Fsp3) is 0.200. The molecule has 0 aliphatic rings. The van der Waals surface area contributed by atoms with Gasteiger partial charge in [-0.3, -0.25) is 4.72 Å². The average Bonchev–Trinajstić information content (AvgIpc) is 3.06. The third-order valence-corrected chi connectivity index (χ3v) is 6.04. The maximum Gasteiger partial charge on any atom is 0.321 e. The van der Waals surface area contributed by atoms with Gasteiger partial charge in [-0.05, 0) is 31.2 Å². The summed E-state index contributed by atoms with van der Waals surface area (Å²) in [6, 6.07) is 14.4. The van der Waals surface area contributed by atoms with Crippen molar-refractivity contribution in [3.63, 3.8) is 0 Å². The van der Waals surface area contributed by atoms with Crippen LogP contribution in [0.4, 0.5) is 5.82 Å². The van der Waals surface area contributed by atoms with E-state index in [0.717, 1.165) is 28.4 Å². The number of aryl methyl sites for hydroxylation is 1. The summed E-state index contributed by atoms with van der Waals surface area (Å²) in [6.45, 7) is 2.85. The summed E-state index contributed by atoms with van der Waals surface area (Å²) >= 11 is 0. The van der Waals surface area contributed by atoms with Gasteiger partial charge in [0, 0.05) is 34.4 Å². The van der Waals surface area contributed by atoms with Gasteiger partial charge in [0.2, 0.25) is 5.88 Å². The van der Waals surface area contributed by atoms with Crippen molar-refractivity contribution in [2.45, 2.75) is 18.4 Å². The van der Waals surface area contributed by atoms with E-state index in [1.165, 1.54) is 20.3 Å². The van der Waals surface area contributed by atoms with Gasteiger partial charge in [0.25, 0.3) is 10.0 Å². The minimum absolute atomic E-state index is 0.00326. The molecule has 0 spiro atoms. The number of fused-ring (bicyclic) bond motifs is 3. The van der Waals surface area contributed by atoms with Crippen LogP contribution in [-0.4, -0.2) is 37.2 Å². The van der Waals surface area contributed by atoms with Gasteiger partial charge in [-0.25, -0.2) is 8.42 Å². The zero-order valence-electron chi connectivity index (χ0n) is 16.2. The first kappa shape index (κ1) is 19.0. The molecule has 0 atom stereocenters. The van der Waals surface area contributed by atoms with Crippen LogP contribution >= 0.6 is 0 Å². The van der Waals surface area contributed by atoms with Crippen LogP contribution in [-0.2, 0) is 16.6 Å². The van der Waals surface area contributed by atoms with E-state index in [1.807, 2.05) is 30.3 Å². The molecule has 29 heavy (non-hydrogen) atoms. The van der Waals surface area contributed by atoms with Gasteiger partial charge in [0.05, 0.1) is 19.1 Å². The molecule has 0 radical (unpaired) electrons. The molecule has 2 heterocycles. The number of hydrogen-bond acceptors (Lipinski definition) is 6. The summed E-state index contributed by atoms with van der Waals surface area (Å²) in [5.41, 5.74) is 2.05. The van der Waals surface area contributed by atoms with Crippen molar-refractivity contribution >= 4 is 37.6 Å². The number of nitrogens with zero attached hydrogens (tertiary/aromatic N) is 3. The normalized spacial score (nSPS) is 11.7. The van der Waals surface area contributed by atoms with Crippen LogP contribution in [0.5, 0.6) is 11.9 Å². The lowest BCUT2D eigenvalue weighted by Crippen LogP contribution is -2.14. The summed E-state index contributed by atoms with van der Waals surface area (Å²) in [6.07, 6.45) is 0. The highest BCUT2D eigenvalue weighted by Crippen LogP contribution is 2.31. The monoisotopic (exact) mass is 412 g/mol. The standard InChI is InChI=1S/C20H20N4O4S/c1-4-24-16-8-6-5-7-14(16)15-11-13(9-10-17(15)24)29(25,26)23-18-12-19(27-2)22-20(21-18)28-3/h5-12H,4H2,1-3H3,(H,21,22,23). The summed E-state index contributed by atoms with van der Waals surface area (Å²) in [5, 5.41) is 1.88. The Labute approximate surface area is 168 Å². The number of para-hydroxylation sites is 1. The van der Waals surface area contributed by atoms with E-state index < -0.39 is 10.0 Å². The van der Waals surface area contributed by atoms with E-state index in [-0.39, 0.29) is 22.6 Å². The van der Waals surface area contributed by atoms with Gasteiger partial charge in [-0.15, -0.1) is 0 Å². The van der Waals surface area contributed by atoms with Crippen molar-refractivity contribution in [3.05, 3.63) is 48.5 Å². The molecule has 4 rings (SSSR count). The number of ether oxygens (including phenoxy) is 2. The highest BCUT2D eigenvalue weighted by atomic mass is 32.2. The Bertz CT molecular complexity index is 1290. The van der Waals surface area contributed by atoms with Crippen molar-refractivity contribution in [3.8, 4) is 11.9 Å². The van der Waals surface area contributed by atoms with Crippen LogP contribution < -0.4 is 14.2 Å². The zero-order chi connectivity index (χ0) is 20.6. The molecule has 0 bridgehead atoms. The van der Waals surface area contributed by atoms with Gasteiger partial charge in [-0.2, -0.15) is 9.97 Å². The summed E-state index contributed by atoms with van der Waals surface area (Å²) < 4.78 is 40.7. The smallest absolute Gasteiger partial charge is 0.321 e. The van der Waals surface area contributed by atoms with Crippen molar-refractivity contribution in [2.24, 2.45) is 0 Å². The molecule has 0 unspecified atom stereocenters. The third-order valence-electron chi connectivity index (χ3n) is 4.68. The first-order valence-corrected chi connectivity index (χ1v) is 10.5. The molecular formula is C20H20N4O4S. The second kappa shape index (κ2) is 7.25. The van der Waals surface area contributed by atoms with Gasteiger partial charge < -0.3 is 14.0 Å². The Kier molecular flexibility index (Phi) is 4.75. The topological polar surface area (TPSA) is 95.3 Å². The van der Waals surface area contributed by atoms with Crippen molar-refractivity contribution in [2.75, 3.05) is 18.9 Å². The second-order valence-electron chi connectivity index (χ2n) is 6.33. The molecule has 0 aliphatic heterocycles. The van der Waals surface area contributed by atoms with Gasteiger partial charge in [0.15, 0.2) is 5.82 Å². The molecule has 0 fully saturated rings. The van der Waals surface area contributed by atoms with E-state index in [1.54, 1.807) is 12.1 Å². The average molecular weight is 412 g/mol. The lowest BCUT2D eigenvalue weighted by atomic mass is 10.1. The Balaban J connectivity index is 1.81. The molecular weight excluding hydrogens is 392 g/mol. The molecule has 9 heteroatoms. The van der Waals surface area contributed by atoms with Crippen LogP contribution in [0.15, 0.2) is 53.4 Å². The molecule has 0 aliphatic carbocycles. The first-order valence-electron chi connectivity index (χ1n) is 8.97. The first-order chi connectivity index (χ1) is 14.0. The molecule has 0 saturated carbocycles. The van der Waals surface area contributed by atoms with Crippen LogP contribution in [0.1, 0.15) is 6.92 Å². The molecule has 0 amide bonds. The van der Waals surface area contributed by atoms with Crippen LogP contribution in [0, 0.1) is 0 Å². The molecule has 1 N–H and O–H groups in total. The van der Waals surface area contributed by atoms with Crippen LogP contribution in [0.3, 0.4) is 0 Å². The van der Waals surface area contributed by atoms with Crippen molar-refractivity contribution in [1.29, 1.82) is 0 Å². The predicted octanol–water partition coefficient (Wildman–Crippen LogP) is 3.42. The van der Waals surface area contributed by atoms with E-state index in [9.17, 15) is 8.42 Å². The van der Waals surface area contributed by atoms with Crippen molar-refractivity contribution in [1.82, 2.24) is 14.5 Å². The molecule has 4 aromatic rings. The molecule has 150 valence electrons. The number of aromatic nitrogens is 3. The SMILES string of the molecule is CCn1c2ccccc2c2cc(S(=O)(=O)Nc3cc(OC)nc(OC)n3)ccc21. The molecule has 0 saturated heterocycles. The number of rotatable bonds is 6. The number of sulfonamides is 1. The largest absolute Gasteiger partial charge is 0.481 e. The number of benzene rings is 2. The van der Waals surface area contributed by atoms with Gasteiger partial charge in [0.1, 0.15) is 0 Å². The zero-order valence-corrected chi connectivity index (χ0v) is 17.0. The summed E-state index contributed by atoms with van der Waals surface area (Å²) in [4.78, 5) is 8.14. The Morgan fingerprint density at radius 2 is 1.72 bits per heavy atom. The highest BCUT2D eigenvalue weighted by molar-refractivity contribution is 7.92. The fourth-order valence-electron chi connectivity index (χ4n) is 3.39. The van der Waals surface area contributed by atoms with E-state index in [2.05, 4.69) is 26.2 Å². The fourth-order valence-corrected chi connectivity index (χ4v) is 4.41. The lowest BCUT2D eigenvalue weighted by Gasteiger charge is -2.10. The van der Waals surface area contributed by atoms with Crippen molar-refractivity contribution < 1.29 is 17.9 Å².